The van der Waals surface area contributed by atoms with Gasteiger partial charge in [0.2, 0.25) is 5.28 Å². The Morgan fingerprint density at radius 2 is 1.90 bits per heavy atom. The van der Waals surface area contributed by atoms with Gasteiger partial charge in [-0.2, -0.15) is 4.98 Å². The molecule has 1 heterocycles. The average Bonchev–Trinajstić information content (AvgIpc) is 2.75. The maximum absolute atomic E-state index is 14.7. The van der Waals surface area contributed by atoms with E-state index in [1.54, 1.807) is 31.2 Å². The van der Waals surface area contributed by atoms with Crippen molar-refractivity contribution < 1.29 is 23.6 Å². The van der Waals surface area contributed by atoms with E-state index in [0.717, 1.165) is 19.3 Å². The van der Waals surface area contributed by atoms with Crippen molar-refractivity contribution >= 4 is 29.4 Å². The van der Waals surface area contributed by atoms with Gasteiger partial charge in [0.25, 0.3) is 0 Å². The summed E-state index contributed by atoms with van der Waals surface area (Å²) < 4.78 is 19.5. The summed E-state index contributed by atoms with van der Waals surface area (Å²) in [5.41, 5.74) is 2.72. The van der Waals surface area contributed by atoms with E-state index >= 15 is 0 Å². The van der Waals surface area contributed by atoms with Crippen molar-refractivity contribution in [2.24, 2.45) is 0 Å². The van der Waals surface area contributed by atoms with E-state index in [9.17, 15) is 14.0 Å². The van der Waals surface area contributed by atoms with Gasteiger partial charge in [-0.25, -0.2) is 19.0 Å². The molecule has 3 rings (SSSR count). The number of nitrogens with zero attached hydrogens (tertiary/aromatic N) is 2. The van der Waals surface area contributed by atoms with Crippen LogP contribution in [0.1, 0.15) is 53.5 Å². The largest absolute Gasteiger partial charge is 0.461 e. The molecule has 1 saturated carbocycles. The molecule has 2 N–H and O–H groups in total. The number of esters is 1. The maximum atomic E-state index is 14.7. The topological polar surface area (TPSA) is 102 Å². The highest BCUT2D eigenvalue weighted by atomic mass is 35.5. The number of benzene rings is 1. The standard InChI is InChI=1S/C20H22ClFN4O4/c1-2-29-19(28)16-15(22)17(25-20(21)24-16)23-13-9-6-10-14(11-13)26-30-18(27)12-7-4-3-5-8-12/h3-5,7-8,13-14,26H,2,6,9-11H2,1H3,(H,23,24,25)/t13?,14-/m1/s1. The Labute approximate surface area is 178 Å². The molecule has 1 aromatic carbocycles. The van der Waals surface area contributed by atoms with Gasteiger partial charge in [0, 0.05) is 12.1 Å². The summed E-state index contributed by atoms with van der Waals surface area (Å²) in [6.07, 6.45) is 2.92. The second-order valence-electron chi connectivity index (χ2n) is 6.80. The van der Waals surface area contributed by atoms with Gasteiger partial charge < -0.3 is 14.9 Å². The van der Waals surface area contributed by atoms with Crippen molar-refractivity contribution in [3.05, 3.63) is 52.7 Å². The molecule has 10 heteroatoms. The number of ether oxygens (including phenoxy) is 1. The van der Waals surface area contributed by atoms with Gasteiger partial charge in [-0.15, -0.1) is 5.48 Å². The lowest BCUT2D eigenvalue weighted by Crippen LogP contribution is -2.40. The average molecular weight is 437 g/mol. The van der Waals surface area contributed by atoms with Crippen LogP contribution >= 0.6 is 11.6 Å². The predicted octanol–water partition coefficient (Wildman–Crippen LogP) is 3.53. The van der Waals surface area contributed by atoms with Crippen LogP contribution in [0.2, 0.25) is 5.28 Å². The molecule has 1 fully saturated rings. The maximum Gasteiger partial charge on any atom is 0.360 e. The molecule has 2 atom stereocenters. The number of nitrogens with one attached hydrogen (secondary N) is 2. The number of carbonyl (C=O) groups excluding carboxylic acids is 2. The van der Waals surface area contributed by atoms with Crippen LogP contribution in [0.15, 0.2) is 30.3 Å². The minimum absolute atomic E-state index is 0.0837. The molecule has 0 aliphatic heterocycles. The molecule has 2 aromatic rings. The van der Waals surface area contributed by atoms with Crippen molar-refractivity contribution in [2.75, 3.05) is 11.9 Å². The molecule has 1 aromatic heterocycles. The van der Waals surface area contributed by atoms with Crippen molar-refractivity contribution in [1.29, 1.82) is 0 Å². The van der Waals surface area contributed by atoms with Crippen molar-refractivity contribution in [3.8, 4) is 0 Å². The van der Waals surface area contributed by atoms with Crippen LogP contribution in [0.4, 0.5) is 10.2 Å². The van der Waals surface area contributed by atoms with E-state index in [1.807, 2.05) is 6.07 Å². The van der Waals surface area contributed by atoms with Gasteiger partial charge in [-0.3, -0.25) is 0 Å². The van der Waals surface area contributed by atoms with E-state index in [4.69, 9.17) is 21.2 Å². The lowest BCUT2D eigenvalue weighted by atomic mass is 9.91. The minimum Gasteiger partial charge on any atom is -0.461 e. The SMILES string of the molecule is CCOC(=O)c1nc(Cl)nc(NC2CCC[C@@H](NOC(=O)c3ccccc3)C2)c1F. The van der Waals surface area contributed by atoms with Crippen molar-refractivity contribution in [2.45, 2.75) is 44.7 Å². The quantitative estimate of drug-likeness (QED) is 0.386. The predicted molar refractivity (Wildman–Crippen MR) is 108 cm³/mol. The van der Waals surface area contributed by atoms with Gasteiger partial charge in [0.1, 0.15) is 0 Å². The van der Waals surface area contributed by atoms with Crippen LogP contribution in [0, 0.1) is 5.82 Å². The van der Waals surface area contributed by atoms with Crippen molar-refractivity contribution in [1.82, 2.24) is 15.4 Å². The molecule has 0 spiro atoms. The normalized spacial score (nSPS) is 18.5. The highest BCUT2D eigenvalue weighted by Gasteiger charge is 2.27. The molecular formula is C20H22ClFN4O4. The summed E-state index contributed by atoms with van der Waals surface area (Å²) >= 11 is 5.85. The lowest BCUT2D eigenvalue weighted by Gasteiger charge is -2.30. The number of hydroxylamine groups is 1. The summed E-state index contributed by atoms with van der Waals surface area (Å²) in [7, 11) is 0. The Morgan fingerprint density at radius 1 is 1.17 bits per heavy atom. The molecule has 0 bridgehead atoms. The molecule has 30 heavy (non-hydrogen) atoms. The number of carbonyl (C=O) groups is 2. The summed E-state index contributed by atoms with van der Waals surface area (Å²) in [4.78, 5) is 36.6. The fraction of sp³-hybridized carbons (Fsp3) is 0.400. The van der Waals surface area contributed by atoms with E-state index in [2.05, 4.69) is 20.8 Å². The van der Waals surface area contributed by atoms with Gasteiger partial charge in [-0.05, 0) is 56.3 Å². The fourth-order valence-corrected chi connectivity index (χ4v) is 3.41. The smallest absolute Gasteiger partial charge is 0.360 e. The molecule has 1 unspecified atom stereocenters. The molecule has 1 aliphatic carbocycles. The molecule has 0 saturated heterocycles. The molecule has 8 nitrogen and oxygen atoms in total. The first-order valence-electron chi connectivity index (χ1n) is 9.66. The van der Waals surface area contributed by atoms with Gasteiger partial charge in [0.05, 0.1) is 12.2 Å². The zero-order valence-electron chi connectivity index (χ0n) is 16.4. The number of aromatic nitrogens is 2. The van der Waals surface area contributed by atoms with Crippen LogP contribution in [-0.2, 0) is 9.57 Å². The molecule has 1 aliphatic rings. The monoisotopic (exact) mass is 436 g/mol. The van der Waals surface area contributed by atoms with E-state index in [-0.39, 0.29) is 29.8 Å². The molecule has 0 amide bonds. The first kappa shape index (κ1) is 21.9. The Hall–Kier alpha value is -2.78. The third-order valence-corrected chi connectivity index (χ3v) is 4.80. The Kier molecular flexibility index (Phi) is 7.53. The van der Waals surface area contributed by atoms with Crippen molar-refractivity contribution in [3.63, 3.8) is 0 Å². The second kappa shape index (κ2) is 10.3. The highest BCUT2D eigenvalue weighted by molar-refractivity contribution is 6.28. The number of hydrogen-bond donors (Lipinski definition) is 2. The minimum atomic E-state index is -0.913. The molecular weight excluding hydrogens is 415 g/mol. The van der Waals surface area contributed by atoms with Gasteiger partial charge in [-0.1, -0.05) is 18.2 Å². The lowest BCUT2D eigenvalue weighted by molar-refractivity contribution is 0.0107. The Balaban J connectivity index is 1.61. The number of halogens is 2. The molecule has 0 radical (unpaired) electrons. The second-order valence-corrected chi connectivity index (χ2v) is 7.14. The number of hydrogen-bond acceptors (Lipinski definition) is 8. The third-order valence-electron chi connectivity index (χ3n) is 4.64. The van der Waals surface area contributed by atoms with Crippen LogP contribution < -0.4 is 10.8 Å². The Morgan fingerprint density at radius 3 is 2.63 bits per heavy atom. The van der Waals surface area contributed by atoms with Crippen LogP contribution in [-0.4, -0.2) is 40.6 Å². The fourth-order valence-electron chi connectivity index (χ4n) is 3.24. The van der Waals surface area contributed by atoms with Gasteiger partial charge >= 0.3 is 11.9 Å². The van der Waals surface area contributed by atoms with Crippen LogP contribution in [0.25, 0.3) is 0 Å². The number of anilines is 1. The zero-order chi connectivity index (χ0) is 21.5. The zero-order valence-corrected chi connectivity index (χ0v) is 17.1. The summed E-state index contributed by atoms with van der Waals surface area (Å²) in [5, 5.41) is 2.72. The van der Waals surface area contributed by atoms with Crippen LogP contribution in [0.3, 0.4) is 0 Å². The Bertz CT molecular complexity index is 900. The van der Waals surface area contributed by atoms with E-state index in [1.165, 1.54) is 0 Å². The summed E-state index contributed by atoms with van der Waals surface area (Å²) in [6, 6.07) is 8.37. The number of rotatable bonds is 7. The first-order valence-corrected chi connectivity index (χ1v) is 10.0. The highest BCUT2D eigenvalue weighted by Crippen LogP contribution is 2.25. The van der Waals surface area contributed by atoms with E-state index in [0.29, 0.717) is 12.0 Å². The summed E-state index contributed by atoms with van der Waals surface area (Å²) in [6.45, 7) is 1.69. The summed E-state index contributed by atoms with van der Waals surface area (Å²) in [5.74, 6) is -2.45. The first-order chi connectivity index (χ1) is 14.5. The van der Waals surface area contributed by atoms with Crippen LogP contribution in [0.5, 0.6) is 0 Å². The third kappa shape index (κ3) is 5.64. The van der Waals surface area contributed by atoms with Gasteiger partial charge in [0.15, 0.2) is 17.3 Å². The molecule has 160 valence electrons. The van der Waals surface area contributed by atoms with E-state index < -0.39 is 23.4 Å².